The molecule has 4 nitrogen and oxygen atoms in total. The van der Waals surface area contributed by atoms with Crippen LogP contribution in [0.1, 0.15) is 19.8 Å². The van der Waals surface area contributed by atoms with Crippen LogP contribution in [0.25, 0.3) is 0 Å². The predicted molar refractivity (Wildman–Crippen MR) is 68.3 cm³/mol. The molecule has 1 saturated carbocycles. The van der Waals surface area contributed by atoms with E-state index in [4.69, 9.17) is 14.2 Å². The van der Waals surface area contributed by atoms with Crippen LogP contribution in [0.5, 0.6) is 0 Å². The molecule has 0 aromatic carbocycles. The monoisotopic (exact) mass is 243 g/mol. The minimum atomic E-state index is 0.183. The Morgan fingerprint density at radius 2 is 2.24 bits per heavy atom. The van der Waals surface area contributed by atoms with Crippen LogP contribution in [0.2, 0.25) is 0 Å². The molecule has 0 amide bonds. The smallest absolute Gasteiger partial charge is 0.0986 e. The summed E-state index contributed by atoms with van der Waals surface area (Å²) in [5, 5.41) is 3.43. The van der Waals surface area contributed by atoms with Crippen LogP contribution in [0.3, 0.4) is 0 Å². The van der Waals surface area contributed by atoms with Crippen molar-refractivity contribution in [2.75, 3.05) is 33.5 Å². The fraction of sp³-hybridized carbons (Fsp3) is 0.846. The van der Waals surface area contributed by atoms with E-state index >= 15 is 0 Å². The molecule has 1 rings (SSSR count). The predicted octanol–water partition coefficient (Wildman–Crippen LogP) is 1.36. The van der Waals surface area contributed by atoms with Crippen molar-refractivity contribution in [1.82, 2.24) is 5.32 Å². The molecule has 1 aliphatic carbocycles. The molecule has 4 heteroatoms. The van der Waals surface area contributed by atoms with Crippen LogP contribution in [0.15, 0.2) is 12.7 Å². The van der Waals surface area contributed by atoms with Crippen molar-refractivity contribution in [2.45, 2.75) is 38.0 Å². The molecule has 1 fully saturated rings. The Balaban J connectivity index is 2.02. The lowest BCUT2D eigenvalue weighted by Gasteiger charge is -2.43. The van der Waals surface area contributed by atoms with E-state index in [1.165, 1.54) is 0 Å². The molecular weight excluding hydrogens is 218 g/mol. The van der Waals surface area contributed by atoms with E-state index in [0.29, 0.717) is 6.04 Å². The van der Waals surface area contributed by atoms with Crippen molar-refractivity contribution >= 4 is 0 Å². The van der Waals surface area contributed by atoms with E-state index in [2.05, 4.69) is 11.9 Å². The van der Waals surface area contributed by atoms with Crippen molar-refractivity contribution in [2.24, 2.45) is 0 Å². The molecule has 100 valence electrons. The Labute approximate surface area is 104 Å². The number of methoxy groups -OCH3 is 1. The van der Waals surface area contributed by atoms with Gasteiger partial charge in [-0.1, -0.05) is 6.08 Å². The second-order valence-corrected chi connectivity index (χ2v) is 4.18. The number of nitrogens with one attached hydrogen (secondary N) is 1. The minimum absolute atomic E-state index is 0.183. The van der Waals surface area contributed by atoms with Gasteiger partial charge in [0.2, 0.25) is 0 Å². The highest BCUT2D eigenvalue weighted by atomic mass is 16.5. The summed E-state index contributed by atoms with van der Waals surface area (Å²) < 4.78 is 16.4. The largest absolute Gasteiger partial charge is 0.380 e. The van der Waals surface area contributed by atoms with Gasteiger partial charge in [0.05, 0.1) is 25.4 Å². The van der Waals surface area contributed by atoms with Gasteiger partial charge in [-0.15, -0.1) is 6.58 Å². The lowest BCUT2D eigenvalue weighted by atomic mass is 9.85. The van der Waals surface area contributed by atoms with E-state index in [-0.39, 0.29) is 12.2 Å². The number of ether oxygens (including phenoxy) is 3. The van der Waals surface area contributed by atoms with Crippen LogP contribution >= 0.6 is 0 Å². The number of rotatable bonds is 10. The van der Waals surface area contributed by atoms with Crippen molar-refractivity contribution in [3.63, 3.8) is 0 Å². The molecule has 0 radical (unpaired) electrons. The molecule has 0 heterocycles. The molecule has 1 N–H and O–H groups in total. The quantitative estimate of drug-likeness (QED) is 0.464. The van der Waals surface area contributed by atoms with E-state index in [1.54, 1.807) is 7.11 Å². The summed E-state index contributed by atoms with van der Waals surface area (Å²) in [6, 6.07) is 0.402. The molecular formula is C13H25NO3. The zero-order chi connectivity index (χ0) is 12.5. The highest BCUT2D eigenvalue weighted by molar-refractivity contribution is 4.96. The Bertz CT molecular complexity index is 211. The first kappa shape index (κ1) is 14.6. The van der Waals surface area contributed by atoms with Crippen LogP contribution < -0.4 is 5.32 Å². The Morgan fingerprint density at radius 3 is 2.88 bits per heavy atom. The summed E-state index contributed by atoms with van der Waals surface area (Å²) in [6.07, 6.45) is 4.25. The molecule has 3 unspecified atom stereocenters. The molecule has 0 bridgehead atoms. The highest BCUT2D eigenvalue weighted by Crippen LogP contribution is 2.26. The van der Waals surface area contributed by atoms with Crippen LogP contribution in [0, 0.1) is 0 Å². The first-order chi connectivity index (χ1) is 8.33. The van der Waals surface area contributed by atoms with Crippen LogP contribution in [0.4, 0.5) is 0 Å². The summed E-state index contributed by atoms with van der Waals surface area (Å²) >= 11 is 0. The van der Waals surface area contributed by atoms with Crippen molar-refractivity contribution < 1.29 is 14.2 Å². The second-order valence-electron chi connectivity index (χ2n) is 4.18. The fourth-order valence-electron chi connectivity index (χ4n) is 2.06. The van der Waals surface area contributed by atoms with Crippen molar-refractivity contribution in [1.29, 1.82) is 0 Å². The summed E-state index contributed by atoms with van der Waals surface area (Å²) in [6.45, 7) is 8.77. The number of hydrogen-bond acceptors (Lipinski definition) is 4. The first-order valence-electron chi connectivity index (χ1n) is 6.39. The lowest BCUT2D eigenvalue weighted by molar-refractivity contribution is -0.131. The summed E-state index contributed by atoms with van der Waals surface area (Å²) in [5.41, 5.74) is 0. The molecule has 0 spiro atoms. The van der Waals surface area contributed by atoms with Crippen LogP contribution in [-0.4, -0.2) is 51.7 Å². The standard InChI is InChI=1S/C13H25NO3/c1-4-6-8-16-9-7-14-11-10-12(17-5-2)13(11)15-3/h4,11-14H,1,5-10H2,2-3H3. The Morgan fingerprint density at radius 1 is 1.41 bits per heavy atom. The Hall–Kier alpha value is -0.420. The molecule has 3 atom stereocenters. The van der Waals surface area contributed by atoms with Gasteiger partial charge in [0.15, 0.2) is 0 Å². The van der Waals surface area contributed by atoms with E-state index in [9.17, 15) is 0 Å². The number of hydrogen-bond donors (Lipinski definition) is 1. The Kier molecular flexibility index (Phi) is 7.44. The molecule has 0 aromatic rings. The van der Waals surface area contributed by atoms with Gasteiger partial charge in [-0.25, -0.2) is 0 Å². The van der Waals surface area contributed by atoms with Gasteiger partial charge in [0.25, 0.3) is 0 Å². The normalized spacial score (nSPS) is 27.8. The van der Waals surface area contributed by atoms with Gasteiger partial charge in [0.1, 0.15) is 0 Å². The summed E-state index contributed by atoms with van der Waals surface area (Å²) in [5.74, 6) is 0. The maximum absolute atomic E-state index is 5.56. The van der Waals surface area contributed by atoms with Gasteiger partial charge >= 0.3 is 0 Å². The zero-order valence-electron chi connectivity index (χ0n) is 11.0. The second kappa shape index (κ2) is 8.64. The van der Waals surface area contributed by atoms with Gasteiger partial charge in [-0.3, -0.25) is 0 Å². The molecule has 0 aromatic heterocycles. The topological polar surface area (TPSA) is 39.7 Å². The SMILES string of the molecule is C=CCCOCCNC1CC(OCC)C1OC. The van der Waals surface area contributed by atoms with Crippen molar-refractivity contribution in [3.8, 4) is 0 Å². The third kappa shape index (κ3) is 4.76. The highest BCUT2D eigenvalue weighted by Gasteiger charge is 2.41. The maximum Gasteiger partial charge on any atom is 0.0986 e. The van der Waals surface area contributed by atoms with Gasteiger partial charge in [-0.2, -0.15) is 0 Å². The maximum atomic E-state index is 5.56. The minimum Gasteiger partial charge on any atom is -0.380 e. The van der Waals surface area contributed by atoms with Crippen molar-refractivity contribution in [3.05, 3.63) is 12.7 Å². The average Bonchev–Trinajstić information content (AvgIpc) is 2.31. The molecule has 0 saturated heterocycles. The van der Waals surface area contributed by atoms with Crippen LogP contribution in [-0.2, 0) is 14.2 Å². The molecule has 1 aliphatic rings. The first-order valence-corrected chi connectivity index (χ1v) is 6.39. The van der Waals surface area contributed by atoms with E-state index in [1.807, 2.05) is 13.0 Å². The zero-order valence-corrected chi connectivity index (χ0v) is 11.0. The summed E-state index contributed by atoms with van der Waals surface area (Å²) in [7, 11) is 1.74. The molecule has 0 aliphatic heterocycles. The van der Waals surface area contributed by atoms with Gasteiger partial charge in [-0.05, 0) is 19.8 Å². The lowest BCUT2D eigenvalue weighted by Crippen LogP contribution is -2.60. The molecule has 17 heavy (non-hydrogen) atoms. The summed E-state index contributed by atoms with van der Waals surface area (Å²) in [4.78, 5) is 0. The third-order valence-electron chi connectivity index (χ3n) is 3.02. The van der Waals surface area contributed by atoms with E-state index < -0.39 is 0 Å². The fourth-order valence-corrected chi connectivity index (χ4v) is 2.06. The van der Waals surface area contributed by atoms with E-state index in [0.717, 1.165) is 39.2 Å². The average molecular weight is 243 g/mol. The third-order valence-corrected chi connectivity index (χ3v) is 3.02. The van der Waals surface area contributed by atoms with Gasteiger partial charge in [0, 0.05) is 26.3 Å². The van der Waals surface area contributed by atoms with Gasteiger partial charge < -0.3 is 19.5 Å².